The lowest BCUT2D eigenvalue weighted by atomic mass is 9.94. The molecule has 146 heavy (non-hydrogen) atoms. The smallest absolute Gasteiger partial charge is 0.373 e. The second-order valence-electron chi connectivity index (χ2n) is 28.7. The number of carboxylic acid groups (broad SMARTS) is 1. The zero-order valence-corrected chi connectivity index (χ0v) is 81.3. The Morgan fingerprint density at radius 1 is 0.418 bits per heavy atom. The zero-order valence-electron chi connectivity index (χ0n) is 73.7. The van der Waals surface area contributed by atoms with Gasteiger partial charge in [-0.15, -0.1) is 0 Å². The van der Waals surface area contributed by atoms with Crippen LogP contribution in [-0.4, -0.2) is 112 Å². The number of aromatic carboxylic acids is 1. The lowest BCUT2D eigenvalue weighted by Crippen LogP contribution is -2.12. The molecule has 3 N–H and O–H groups in total. The summed E-state index contributed by atoms with van der Waals surface area (Å²) in [4.78, 5) is 115. The molecule has 0 radical (unpaired) electrons. The molecule has 0 aliphatic carbocycles. The lowest BCUT2D eigenvalue weighted by Gasteiger charge is -2.12. The van der Waals surface area contributed by atoms with Crippen molar-refractivity contribution in [1.82, 2.24) is 65.1 Å². The number of halogens is 24. The van der Waals surface area contributed by atoms with Gasteiger partial charge in [0.15, 0.2) is 17.3 Å². The number of nitrogens with one attached hydrogen (secondary N) is 2. The van der Waals surface area contributed by atoms with Gasteiger partial charge < -0.3 is 9.84 Å². The van der Waals surface area contributed by atoms with E-state index in [0.29, 0.717) is 106 Å². The highest BCUT2D eigenvalue weighted by Gasteiger charge is 2.24. The largest absolute Gasteiger partial charge is 0.476 e. The third-order valence-electron chi connectivity index (χ3n) is 18.1. The first-order chi connectivity index (χ1) is 69.3. The summed E-state index contributed by atoms with van der Waals surface area (Å²) in [7, 11) is 0. The fraction of sp³-hybridized carbons (Fsp3) is 0.0928. The first kappa shape index (κ1) is 118. The number of carbonyl (C=O) groups excluding carboxylic acids is 8. The number of benzene rings is 7. The summed E-state index contributed by atoms with van der Waals surface area (Å²) in [5.74, 6) is -11.8. The Morgan fingerprint density at radius 2 is 0.753 bits per heavy atom. The lowest BCUT2D eigenvalue weighted by molar-refractivity contribution is -0.193. The van der Waals surface area contributed by atoms with Crippen LogP contribution < -0.4 is 0 Å². The van der Waals surface area contributed by atoms with E-state index in [2.05, 4.69) is 65.1 Å². The summed E-state index contributed by atoms with van der Waals surface area (Å²) in [6.45, 7) is 3.50. The molecule has 0 saturated heterocycles. The molecule has 10 heterocycles. The van der Waals surface area contributed by atoms with E-state index in [0.717, 1.165) is 100 Å². The third kappa shape index (κ3) is 38.7. The number of carbonyl (C=O) groups is 5. The number of H-pyrrole nitrogens is 2. The Hall–Kier alpha value is -14.9. The fourth-order valence-corrected chi connectivity index (χ4v) is 14.4. The van der Waals surface area contributed by atoms with Crippen molar-refractivity contribution in [3.63, 3.8) is 0 Å². The number of nitriles is 1. The van der Waals surface area contributed by atoms with E-state index < -0.39 is 110 Å². The maximum Gasteiger partial charge on any atom is 0.373 e. The summed E-state index contributed by atoms with van der Waals surface area (Å²) in [6.07, 6.45) is 13.6. The molecule has 17 aromatic rings. The van der Waals surface area contributed by atoms with Gasteiger partial charge in [-0.05, 0) is 196 Å². The summed E-state index contributed by atoms with van der Waals surface area (Å²) in [5.41, 5.74) is 8.62. The monoisotopic (exact) mass is 2210 g/mol. The quantitative estimate of drug-likeness (QED) is 0.0311. The highest BCUT2D eigenvalue weighted by Crippen LogP contribution is 2.31. The molecule has 0 fully saturated rings. The van der Waals surface area contributed by atoms with Crippen molar-refractivity contribution < 1.29 is 114 Å². The zero-order chi connectivity index (χ0) is 108. The number of carboxylic acids is 1. The van der Waals surface area contributed by atoms with Crippen molar-refractivity contribution >= 4 is 191 Å². The number of hydrogen-bond donors (Lipinski definition) is 3. The molecular formula is C97H60Cl10F14N14O11. The van der Waals surface area contributed by atoms with Crippen molar-refractivity contribution in [1.29, 1.82) is 5.26 Å². The Labute approximate surface area is 865 Å². The van der Waals surface area contributed by atoms with Gasteiger partial charge in [-0.2, -0.15) is 44.4 Å². The van der Waals surface area contributed by atoms with Gasteiger partial charge in [0, 0.05) is 117 Å². The number of pyridine rings is 7. The second-order valence-corrected chi connectivity index (χ2v) is 32.8. The van der Waals surface area contributed by atoms with Crippen molar-refractivity contribution in [2.24, 2.45) is 0 Å². The van der Waals surface area contributed by atoms with Crippen LogP contribution in [0.2, 0.25) is 45.2 Å². The van der Waals surface area contributed by atoms with Gasteiger partial charge in [-0.1, -0.05) is 118 Å². The first-order valence-electron chi connectivity index (χ1n) is 40.3. The minimum Gasteiger partial charge on any atom is -0.476 e. The predicted molar refractivity (Wildman–Crippen MR) is 509 cm³/mol. The van der Waals surface area contributed by atoms with E-state index in [9.17, 15) is 85.4 Å². The molecule has 1 unspecified atom stereocenters. The standard InChI is InChI=1S/C14H9Cl2F2NO.C14H8F2N4.C13H7Cl2F2NO.C13H8ClF2N3.C13H9F2N3.C8H6F2O2.C8H8F2.C6H2Cl3NO.C6H3Cl2NO2.2CO2/c1-7(8-2-10(17)5-11(18)3-8)14(20)13-12(16)4-9(15)6-19-13;15-10-4-9(5-11(16)7-10)6-12-14-13(2-1-3-18-14)20(8-17)19-12;14-8-4-11(15)13(18-6-8)12(19)3-7-1-9(16)5-10(17)2-7;14-8-4-12-13(17-6-8)11(18-19-12)3-7-1-9(15)5-10(16)2-7;14-9-4-8(5-10(15)7-9)6-12-13-11(17-18-12)2-1-3-16-13;9-7-1-6(4-12-5-11)2-8(10)3-7;1-2-6-3-7(9)5-8(10)4-6;7-3-1-4(8)5(6(9)11)10-2-3;7-3-1-4(8)5(6(10)11)9-2-3;2*2-1-3/h2-7H,1H3;1-5,7H,6H2;1-2,4-6H,3H2;1-2,4-6H,3H2,(H,18,19);1-5,7H,6H2,(H,17,18);1-3,5H,4H2;3-5H,2H2,1H3;1-2H;1-2H,(H,10,11);;. The number of ether oxygens (including phenoxy) is 1. The highest BCUT2D eigenvalue weighted by atomic mass is 35.5. The van der Waals surface area contributed by atoms with Crippen molar-refractivity contribution in [2.45, 2.75) is 58.5 Å². The number of rotatable bonds is 18. The van der Waals surface area contributed by atoms with Gasteiger partial charge in [0.2, 0.25) is 6.19 Å². The number of aromatic amines is 2. The highest BCUT2D eigenvalue weighted by molar-refractivity contribution is 6.68. The molecule has 10 aromatic heterocycles. The van der Waals surface area contributed by atoms with Crippen LogP contribution in [-0.2, 0) is 67.4 Å². The molecule has 7 aromatic carbocycles. The van der Waals surface area contributed by atoms with Crippen LogP contribution in [0.1, 0.15) is 118 Å². The minimum atomic E-state index is -1.16. The first-order valence-corrected chi connectivity index (χ1v) is 44.1. The van der Waals surface area contributed by atoms with Crippen LogP contribution in [0.15, 0.2) is 225 Å². The maximum absolute atomic E-state index is 13.2. The number of aryl methyl sites for hydroxylation is 1. The van der Waals surface area contributed by atoms with Gasteiger partial charge >= 0.3 is 18.3 Å². The third-order valence-corrected chi connectivity index (χ3v) is 20.4. The van der Waals surface area contributed by atoms with Crippen LogP contribution in [0.25, 0.3) is 33.1 Å². The Kier molecular flexibility index (Phi) is 47.5. The predicted octanol–water partition coefficient (Wildman–Crippen LogP) is 25.5. The van der Waals surface area contributed by atoms with Gasteiger partial charge in [0.05, 0.1) is 62.3 Å². The van der Waals surface area contributed by atoms with Crippen LogP contribution in [0.3, 0.4) is 0 Å². The van der Waals surface area contributed by atoms with Crippen LogP contribution in [0.4, 0.5) is 61.5 Å². The van der Waals surface area contributed by atoms with E-state index in [1.165, 1.54) is 111 Å². The molecule has 1 atom stereocenters. The van der Waals surface area contributed by atoms with Gasteiger partial charge in [-0.25, -0.2) is 86.2 Å². The van der Waals surface area contributed by atoms with E-state index in [1.807, 2.05) is 19.2 Å². The van der Waals surface area contributed by atoms with Crippen LogP contribution in [0, 0.1) is 92.9 Å². The van der Waals surface area contributed by atoms with E-state index in [-0.39, 0.29) is 92.2 Å². The topological polar surface area (TPSA) is 372 Å². The molecule has 0 spiro atoms. The molecule has 25 nitrogen and oxygen atoms in total. The fourth-order valence-electron chi connectivity index (χ4n) is 12.2. The number of nitrogens with zero attached hydrogens (tertiary/aromatic N) is 12. The summed E-state index contributed by atoms with van der Waals surface area (Å²) in [5, 5.41) is 36.9. The number of Topliss-reactive ketones (excluding diaryl/α,β-unsaturated/α-hetero) is 2. The number of fused-ring (bicyclic) bond motifs is 3. The Bertz CT molecular complexity index is 7430. The maximum atomic E-state index is 13.2. The van der Waals surface area contributed by atoms with Gasteiger partial charge in [-0.3, -0.25) is 44.3 Å². The molecule has 0 aliphatic heterocycles. The molecule has 17 rings (SSSR count). The summed E-state index contributed by atoms with van der Waals surface area (Å²) >= 11 is 56.1. The molecule has 0 amide bonds. The van der Waals surface area contributed by atoms with Crippen LogP contribution in [0.5, 0.6) is 0 Å². The molecule has 752 valence electrons. The van der Waals surface area contributed by atoms with Gasteiger partial charge in [0.1, 0.15) is 138 Å². The van der Waals surface area contributed by atoms with E-state index in [4.69, 9.17) is 146 Å². The summed E-state index contributed by atoms with van der Waals surface area (Å²) in [6, 6.07) is 36.8. The van der Waals surface area contributed by atoms with Gasteiger partial charge in [0.25, 0.3) is 11.7 Å². The second kappa shape index (κ2) is 58.8. The van der Waals surface area contributed by atoms with Crippen molar-refractivity contribution in [3.05, 3.63) is 431 Å². The average molecular weight is 2220 g/mol. The number of aromatic nitrogens is 13. The average Bonchev–Trinajstić information content (AvgIpc) is 1.62. The van der Waals surface area contributed by atoms with E-state index >= 15 is 0 Å². The molecule has 0 bridgehead atoms. The Balaban J connectivity index is 0.000000223. The van der Waals surface area contributed by atoms with E-state index in [1.54, 1.807) is 36.7 Å². The normalized spacial score (nSPS) is 10.3. The summed E-state index contributed by atoms with van der Waals surface area (Å²) < 4.78 is 186. The molecule has 0 aliphatic rings. The van der Waals surface area contributed by atoms with Crippen LogP contribution >= 0.6 is 116 Å². The number of ketones is 2. The van der Waals surface area contributed by atoms with Crippen molar-refractivity contribution in [3.8, 4) is 6.19 Å². The molecular weight excluding hydrogens is 2160 g/mol. The minimum absolute atomic E-state index is 0.0215. The Morgan fingerprint density at radius 3 is 1.14 bits per heavy atom. The molecule has 0 saturated carbocycles. The number of hydrogen-bond acceptors (Lipinski definition) is 21. The van der Waals surface area contributed by atoms with Crippen molar-refractivity contribution in [2.75, 3.05) is 0 Å². The molecule has 49 heteroatoms. The SMILES string of the molecule is CC(C(=O)c1ncc(Cl)cc1Cl)c1cc(F)cc(F)c1.CCc1cc(F)cc(F)c1.Fc1cc(F)cc(Cc2[nH]nc3cc(Cl)cnc23)c1.Fc1cc(F)cc(Cc2[nH]nc3cccnc23)c1.N#Cn1nc(Cc2cc(F)cc(F)c2)c2ncccc21.O=C(Cc1cc(F)cc(F)c1)c1ncc(Cl)cc1Cl.O=C(Cl)c1ncc(Cl)cc1Cl.O=C(O)c1ncc(Cl)cc1Cl.O=C=O.O=C=O.O=COCc1cc(F)cc(F)c1.